The summed E-state index contributed by atoms with van der Waals surface area (Å²) in [5, 5.41) is 12.6. The number of nitrogens with one attached hydrogen (secondary N) is 1. The Kier molecular flexibility index (Phi) is 4.41. The summed E-state index contributed by atoms with van der Waals surface area (Å²) in [6.45, 7) is 6.18. The quantitative estimate of drug-likeness (QED) is 0.945. The van der Waals surface area contributed by atoms with Gasteiger partial charge in [0, 0.05) is 31.9 Å². The van der Waals surface area contributed by atoms with Crippen LogP contribution < -0.4 is 10.2 Å². The number of aryl methyl sites for hydroxylation is 1. The van der Waals surface area contributed by atoms with Gasteiger partial charge in [0.25, 0.3) is 0 Å². The minimum atomic E-state index is 0.737. The van der Waals surface area contributed by atoms with E-state index < -0.39 is 0 Å². The third kappa shape index (κ3) is 3.29. The van der Waals surface area contributed by atoms with E-state index in [0.717, 1.165) is 38.2 Å². The van der Waals surface area contributed by atoms with Crippen molar-refractivity contribution in [2.75, 3.05) is 31.1 Å². The van der Waals surface area contributed by atoms with E-state index in [4.69, 9.17) is 0 Å². The molecule has 22 heavy (non-hydrogen) atoms. The van der Waals surface area contributed by atoms with Crippen molar-refractivity contribution in [1.82, 2.24) is 5.32 Å². The molecule has 1 aliphatic heterocycles. The lowest BCUT2D eigenvalue weighted by Crippen LogP contribution is -2.43. The van der Waals surface area contributed by atoms with Crippen LogP contribution in [0.4, 0.5) is 5.69 Å². The topological polar surface area (TPSA) is 39.1 Å². The van der Waals surface area contributed by atoms with Gasteiger partial charge in [-0.1, -0.05) is 29.8 Å². The molecule has 0 aliphatic carbocycles. The van der Waals surface area contributed by atoms with Crippen LogP contribution in [0, 0.1) is 18.3 Å². The van der Waals surface area contributed by atoms with E-state index in [-0.39, 0.29) is 0 Å². The van der Waals surface area contributed by atoms with Gasteiger partial charge in [-0.15, -0.1) is 0 Å². The van der Waals surface area contributed by atoms with Crippen molar-refractivity contribution in [3.8, 4) is 6.07 Å². The fraction of sp³-hybridized carbons (Fsp3) is 0.316. The maximum absolute atomic E-state index is 9.19. The molecule has 0 amide bonds. The number of nitriles is 1. The molecule has 0 atom stereocenters. The number of rotatable bonds is 3. The smallest absolute Gasteiger partial charge is 0.0991 e. The Hall–Kier alpha value is -2.31. The van der Waals surface area contributed by atoms with Crippen molar-refractivity contribution < 1.29 is 0 Å². The van der Waals surface area contributed by atoms with Gasteiger partial charge in [-0.25, -0.2) is 0 Å². The minimum Gasteiger partial charge on any atom is -0.369 e. The molecule has 112 valence electrons. The molecule has 0 aromatic heterocycles. The van der Waals surface area contributed by atoms with Crippen LogP contribution in [-0.4, -0.2) is 26.2 Å². The zero-order valence-electron chi connectivity index (χ0n) is 13.0. The molecule has 1 fully saturated rings. The van der Waals surface area contributed by atoms with E-state index in [1.807, 2.05) is 12.1 Å². The number of hydrogen-bond acceptors (Lipinski definition) is 3. The van der Waals surface area contributed by atoms with E-state index in [1.54, 1.807) is 0 Å². The Balaban J connectivity index is 1.92. The molecule has 0 saturated carbocycles. The maximum Gasteiger partial charge on any atom is 0.0991 e. The summed E-state index contributed by atoms with van der Waals surface area (Å²) in [6, 6.07) is 17.0. The molecule has 0 spiro atoms. The van der Waals surface area contributed by atoms with Gasteiger partial charge in [0.1, 0.15) is 0 Å². The van der Waals surface area contributed by atoms with E-state index in [0.29, 0.717) is 0 Å². The summed E-state index contributed by atoms with van der Waals surface area (Å²) in [7, 11) is 0. The summed E-state index contributed by atoms with van der Waals surface area (Å²) >= 11 is 0. The molecule has 3 nitrogen and oxygen atoms in total. The van der Waals surface area contributed by atoms with Crippen molar-refractivity contribution in [2.24, 2.45) is 0 Å². The van der Waals surface area contributed by atoms with E-state index >= 15 is 0 Å². The normalized spacial score (nSPS) is 14.6. The molecule has 0 bridgehead atoms. The molecule has 1 heterocycles. The number of piperazine rings is 1. The van der Waals surface area contributed by atoms with Crippen LogP contribution >= 0.6 is 0 Å². The molecule has 3 rings (SSSR count). The molecule has 3 heteroatoms. The average molecular weight is 291 g/mol. The lowest BCUT2D eigenvalue weighted by atomic mass is 9.99. The second-order valence-corrected chi connectivity index (χ2v) is 5.85. The summed E-state index contributed by atoms with van der Waals surface area (Å²) in [5.41, 5.74) is 5.81. The first-order valence-electron chi connectivity index (χ1n) is 7.80. The van der Waals surface area contributed by atoms with Crippen LogP contribution in [-0.2, 0) is 6.42 Å². The van der Waals surface area contributed by atoms with Crippen molar-refractivity contribution >= 4 is 5.69 Å². The van der Waals surface area contributed by atoms with E-state index in [9.17, 15) is 5.26 Å². The molecule has 0 radical (unpaired) electrons. The molecule has 0 unspecified atom stereocenters. The number of nitrogens with zero attached hydrogens (tertiary/aromatic N) is 2. The lowest BCUT2D eigenvalue weighted by Gasteiger charge is -2.31. The van der Waals surface area contributed by atoms with Crippen molar-refractivity contribution in [3.05, 3.63) is 64.7 Å². The highest BCUT2D eigenvalue weighted by Gasteiger charge is 2.15. The fourth-order valence-electron chi connectivity index (χ4n) is 2.94. The predicted molar refractivity (Wildman–Crippen MR) is 90.2 cm³/mol. The van der Waals surface area contributed by atoms with Crippen LogP contribution in [0.25, 0.3) is 0 Å². The second kappa shape index (κ2) is 6.64. The number of benzene rings is 2. The van der Waals surface area contributed by atoms with E-state index in [1.165, 1.54) is 22.4 Å². The van der Waals surface area contributed by atoms with Crippen molar-refractivity contribution in [2.45, 2.75) is 13.3 Å². The van der Waals surface area contributed by atoms with Crippen LogP contribution in [0.1, 0.15) is 22.3 Å². The second-order valence-electron chi connectivity index (χ2n) is 5.85. The monoisotopic (exact) mass is 291 g/mol. The fourth-order valence-corrected chi connectivity index (χ4v) is 2.94. The van der Waals surface area contributed by atoms with Crippen LogP contribution in [0.15, 0.2) is 42.5 Å². The average Bonchev–Trinajstić information content (AvgIpc) is 2.57. The standard InChI is InChI=1S/C19H21N3/c1-15-2-4-16(5-3-15)12-18-13-17(14-20)6-7-19(18)22-10-8-21-9-11-22/h2-7,13,21H,8-12H2,1H3. The summed E-state index contributed by atoms with van der Waals surface area (Å²) < 4.78 is 0. The minimum absolute atomic E-state index is 0.737. The largest absolute Gasteiger partial charge is 0.369 e. The van der Waals surface area contributed by atoms with Crippen molar-refractivity contribution in [1.29, 1.82) is 5.26 Å². The molecule has 2 aromatic carbocycles. The molecular formula is C19H21N3. The molecule has 2 aromatic rings. The Bertz CT molecular complexity index is 677. The third-order valence-electron chi connectivity index (χ3n) is 4.18. The Morgan fingerprint density at radius 1 is 1.09 bits per heavy atom. The molecule has 1 saturated heterocycles. The molecular weight excluding hydrogens is 270 g/mol. The highest BCUT2D eigenvalue weighted by molar-refractivity contribution is 5.58. The van der Waals surface area contributed by atoms with E-state index in [2.05, 4.69) is 53.5 Å². The first kappa shape index (κ1) is 14.6. The van der Waals surface area contributed by atoms with Gasteiger partial charge in [0.2, 0.25) is 0 Å². The first-order valence-corrected chi connectivity index (χ1v) is 7.80. The van der Waals surface area contributed by atoms with Crippen LogP contribution in [0.2, 0.25) is 0 Å². The van der Waals surface area contributed by atoms with Gasteiger partial charge >= 0.3 is 0 Å². The number of hydrogen-bond donors (Lipinski definition) is 1. The maximum atomic E-state index is 9.19. The number of anilines is 1. The molecule has 1 N–H and O–H groups in total. The molecule has 1 aliphatic rings. The summed E-state index contributed by atoms with van der Waals surface area (Å²) in [4.78, 5) is 2.42. The lowest BCUT2D eigenvalue weighted by molar-refractivity contribution is 0.588. The Labute approximate surface area is 132 Å². The van der Waals surface area contributed by atoms with Crippen LogP contribution in [0.3, 0.4) is 0 Å². The SMILES string of the molecule is Cc1ccc(Cc2cc(C#N)ccc2N2CCNCC2)cc1. The van der Waals surface area contributed by atoms with Gasteiger partial charge in [0.15, 0.2) is 0 Å². The van der Waals surface area contributed by atoms with Gasteiger partial charge in [-0.3, -0.25) is 0 Å². The van der Waals surface area contributed by atoms with Crippen LogP contribution in [0.5, 0.6) is 0 Å². The predicted octanol–water partition coefficient (Wildman–Crippen LogP) is 2.87. The Morgan fingerprint density at radius 3 is 2.50 bits per heavy atom. The zero-order valence-corrected chi connectivity index (χ0v) is 13.0. The van der Waals surface area contributed by atoms with Crippen molar-refractivity contribution in [3.63, 3.8) is 0 Å². The van der Waals surface area contributed by atoms with Gasteiger partial charge < -0.3 is 10.2 Å². The Morgan fingerprint density at radius 2 is 1.82 bits per heavy atom. The summed E-state index contributed by atoms with van der Waals surface area (Å²) in [6.07, 6.45) is 0.870. The van der Waals surface area contributed by atoms with Gasteiger partial charge in [-0.2, -0.15) is 5.26 Å². The highest BCUT2D eigenvalue weighted by atomic mass is 15.2. The van der Waals surface area contributed by atoms with Gasteiger partial charge in [-0.05, 0) is 42.7 Å². The highest BCUT2D eigenvalue weighted by Crippen LogP contribution is 2.25. The van der Waals surface area contributed by atoms with Gasteiger partial charge in [0.05, 0.1) is 11.6 Å². The third-order valence-corrected chi connectivity index (χ3v) is 4.18. The summed E-state index contributed by atoms with van der Waals surface area (Å²) in [5.74, 6) is 0. The first-order chi connectivity index (χ1) is 10.8. The zero-order chi connectivity index (χ0) is 15.4.